The Morgan fingerprint density at radius 3 is 3.00 bits per heavy atom. The van der Waals surface area contributed by atoms with Crippen LogP contribution in [-0.4, -0.2) is 38.9 Å². The predicted octanol–water partition coefficient (Wildman–Crippen LogP) is 2.32. The molecule has 0 saturated carbocycles. The number of hydrogen-bond donors (Lipinski definition) is 2. The number of hydrogen-bond acceptors (Lipinski definition) is 3. The fourth-order valence-corrected chi connectivity index (χ4v) is 3.67. The summed E-state index contributed by atoms with van der Waals surface area (Å²) in [6, 6.07) is 10.7. The number of rotatable bonds is 6. The largest absolute Gasteiger partial charge is 0.356 e. The quantitative estimate of drug-likeness (QED) is 0.399. The maximum absolute atomic E-state index is 4.33. The molecule has 0 atom stereocenters. The highest BCUT2D eigenvalue weighted by Gasteiger charge is 2.15. The van der Waals surface area contributed by atoms with E-state index in [9.17, 15) is 0 Å². The molecule has 27 heavy (non-hydrogen) atoms. The number of benzene rings is 1. The highest BCUT2D eigenvalue weighted by atomic mass is 15.3. The van der Waals surface area contributed by atoms with Gasteiger partial charge in [-0.1, -0.05) is 18.2 Å². The third-order valence-corrected chi connectivity index (χ3v) is 5.12. The summed E-state index contributed by atoms with van der Waals surface area (Å²) >= 11 is 0. The summed E-state index contributed by atoms with van der Waals surface area (Å²) in [6.07, 6.45) is 6.64. The van der Waals surface area contributed by atoms with Gasteiger partial charge in [0.15, 0.2) is 11.8 Å². The van der Waals surface area contributed by atoms with E-state index >= 15 is 0 Å². The molecule has 0 aliphatic carbocycles. The maximum Gasteiger partial charge on any atom is 0.191 e. The molecule has 0 amide bonds. The van der Waals surface area contributed by atoms with Gasteiger partial charge in [0.05, 0.1) is 6.54 Å². The number of aliphatic imine (C=N–C) groups is 1. The molecule has 4 rings (SSSR count). The molecule has 0 fully saturated rings. The minimum Gasteiger partial charge on any atom is -0.356 e. The lowest BCUT2D eigenvalue weighted by Crippen LogP contribution is -2.38. The van der Waals surface area contributed by atoms with Gasteiger partial charge in [-0.3, -0.25) is 4.99 Å². The van der Waals surface area contributed by atoms with E-state index in [0.717, 1.165) is 50.1 Å². The molecule has 1 aromatic carbocycles. The Kier molecular flexibility index (Phi) is 5.37. The predicted molar refractivity (Wildman–Crippen MR) is 108 cm³/mol. The first-order valence-corrected chi connectivity index (χ1v) is 9.74. The molecule has 7 nitrogen and oxygen atoms in total. The van der Waals surface area contributed by atoms with Crippen LogP contribution in [-0.2, 0) is 26.1 Å². The molecule has 2 N–H and O–H groups in total. The molecule has 7 heteroatoms. The Labute approximate surface area is 159 Å². The van der Waals surface area contributed by atoms with Gasteiger partial charge < -0.3 is 19.8 Å². The molecule has 142 valence electrons. The number of guanidine groups is 1. The summed E-state index contributed by atoms with van der Waals surface area (Å²) in [5, 5.41) is 16.7. The highest BCUT2D eigenvalue weighted by molar-refractivity contribution is 5.80. The first-order chi connectivity index (χ1) is 13.3. The zero-order chi connectivity index (χ0) is 18.5. The number of fused-ring (bicyclic) bond motifs is 2. The van der Waals surface area contributed by atoms with Crippen LogP contribution in [0, 0.1) is 0 Å². The van der Waals surface area contributed by atoms with Crippen molar-refractivity contribution in [2.75, 3.05) is 13.6 Å². The minimum absolute atomic E-state index is 0.648. The van der Waals surface area contributed by atoms with Gasteiger partial charge >= 0.3 is 0 Å². The normalized spacial score (nSPS) is 14.3. The molecule has 2 aromatic heterocycles. The van der Waals surface area contributed by atoms with Gasteiger partial charge in [-0.2, -0.15) is 0 Å². The Bertz CT molecular complexity index is 921. The van der Waals surface area contributed by atoms with Gasteiger partial charge in [0, 0.05) is 44.8 Å². The fourth-order valence-electron chi connectivity index (χ4n) is 3.67. The first kappa shape index (κ1) is 17.6. The molecule has 0 unspecified atom stereocenters. The Hall–Kier alpha value is -2.83. The maximum atomic E-state index is 4.33. The van der Waals surface area contributed by atoms with Crippen LogP contribution in [0.25, 0.3) is 10.9 Å². The van der Waals surface area contributed by atoms with E-state index < -0.39 is 0 Å². The zero-order valence-electron chi connectivity index (χ0n) is 15.9. The summed E-state index contributed by atoms with van der Waals surface area (Å²) in [5.41, 5.74) is 1.29. The fraction of sp³-hybridized carbons (Fsp3) is 0.450. The van der Waals surface area contributed by atoms with Crippen LogP contribution in [0.5, 0.6) is 0 Å². The van der Waals surface area contributed by atoms with Gasteiger partial charge in [-0.15, -0.1) is 10.2 Å². The van der Waals surface area contributed by atoms with Gasteiger partial charge in [0.25, 0.3) is 0 Å². The smallest absolute Gasteiger partial charge is 0.191 e. The number of aromatic nitrogens is 4. The van der Waals surface area contributed by atoms with E-state index in [4.69, 9.17) is 0 Å². The monoisotopic (exact) mass is 365 g/mol. The molecule has 0 spiro atoms. The van der Waals surface area contributed by atoms with Crippen molar-refractivity contribution in [3.05, 3.63) is 48.2 Å². The molecular formula is C20H27N7. The van der Waals surface area contributed by atoms with Crippen LogP contribution in [0.3, 0.4) is 0 Å². The second kappa shape index (κ2) is 8.24. The van der Waals surface area contributed by atoms with Crippen molar-refractivity contribution in [1.29, 1.82) is 0 Å². The molecule has 0 radical (unpaired) electrons. The third-order valence-electron chi connectivity index (χ3n) is 5.12. The van der Waals surface area contributed by atoms with Crippen molar-refractivity contribution in [3.63, 3.8) is 0 Å². The number of para-hydroxylation sites is 1. The second-order valence-electron chi connectivity index (χ2n) is 6.92. The first-order valence-electron chi connectivity index (χ1n) is 9.74. The summed E-state index contributed by atoms with van der Waals surface area (Å²) in [6.45, 7) is 3.52. The van der Waals surface area contributed by atoms with Gasteiger partial charge in [-0.25, -0.2) is 0 Å². The molecular weight excluding hydrogens is 338 g/mol. The van der Waals surface area contributed by atoms with Crippen LogP contribution in [0.15, 0.2) is 41.5 Å². The van der Waals surface area contributed by atoms with Crippen molar-refractivity contribution >= 4 is 16.9 Å². The summed E-state index contributed by atoms with van der Waals surface area (Å²) in [7, 11) is 1.80. The van der Waals surface area contributed by atoms with Crippen LogP contribution < -0.4 is 10.6 Å². The van der Waals surface area contributed by atoms with E-state index in [1.165, 1.54) is 23.7 Å². The van der Waals surface area contributed by atoms with E-state index in [0.29, 0.717) is 6.54 Å². The Balaban J connectivity index is 1.24. The van der Waals surface area contributed by atoms with E-state index in [-0.39, 0.29) is 0 Å². The van der Waals surface area contributed by atoms with Crippen molar-refractivity contribution in [1.82, 2.24) is 30.0 Å². The summed E-state index contributed by atoms with van der Waals surface area (Å²) in [4.78, 5) is 4.31. The van der Waals surface area contributed by atoms with Gasteiger partial charge in [0.2, 0.25) is 0 Å². The van der Waals surface area contributed by atoms with Crippen LogP contribution >= 0.6 is 0 Å². The SMILES string of the molecule is CN=C(NCCCn1ccc2ccccc21)NCc1nnc2n1CCCC2. The highest BCUT2D eigenvalue weighted by Crippen LogP contribution is 2.15. The molecule has 0 saturated heterocycles. The standard InChI is InChI=1S/C20H27N7/c1-21-20(23-15-19-25-24-18-9-4-5-13-27(18)19)22-11-6-12-26-14-10-16-7-2-3-8-17(16)26/h2-3,7-8,10,14H,4-6,9,11-13,15H2,1H3,(H2,21,22,23). The molecule has 0 bridgehead atoms. The second-order valence-corrected chi connectivity index (χ2v) is 6.92. The average molecular weight is 365 g/mol. The number of nitrogens with one attached hydrogen (secondary N) is 2. The van der Waals surface area contributed by atoms with Crippen LogP contribution in [0.1, 0.15) is 30.9 Å². The Morgan fingerprint density at radius 2 is 2.07 bits per heavy atom. The van der Waals surface area contributed by atoms with Gasteiger partial charge in [-0.05, 0) is 36.8 Å². The number of nitrogens with zero attached hydrogens (tertiary/aromatic N) is 5. The van der Waals surface area contributed by atoms with Crippen LogP contribution in [0.4, 0.5) is 0 Å². The Morgan fingerprint density at radius 1 is 1.15 bits per heavy atom. The minimum atomic E-state index is 0.648. The van der Waals surface area contributed by atoms with Crippen molar-refractivity contribution in [3.8, 4) is 0 Å². The van der Waals surface area contributed by atoms with E-state index in [1.807, 2.05) is 0 Å². The van der Waals surface area contributed by atoms with Crippen molar-refractivity contribution in [2.45, 2.75) is 45.3 Å². The number of aryl methyl sites for hydroxylation is 2. The van der Waals surface area contributed by atoms with Gasteiger partial charge in [0.1, 0.15) is 5.82 Å². The average Bonchev–Trinajstić information content (AvgIpc) is 3.32. The zero-order valence-corrected chi connectivity index (χ0v) is 15.9. The summed E-state index contributed by atoms with van der Waals surface area (Å²) < 4.78 is 4.54. The lowest BCUT2D eigenvalue weighted by atomic mass is 10.2. The molecule has 1 aliphatic heterocycles. The van der Waals surface area contributed by atoms with Crippen molar-refractivity contribution in [2.24, 2.45) is 4.99 Å². The lowest BCUT2D eigenvalue weighted by molar-refractivity contribution is 0.504. The molecule has 3 aromatic rings. The van der Waals surface area contributed by atoms with Crippen LogP contribution in [0.2, 0.25) is 0 Å². The topological polar surface area (TPSA) is 72.1 Å². The lowest BCUT2D eigenvalue weighted by Gasteiger charge is -2.16. The van der Waals surface area contributed by atoms with Crippen molar-refractivity contribution < 1.29 is 0 Å². The third kappa shape index (κ3) is 3.97. The molecule has 1 aliphatic rings. The van der Waals surface area contributed by atoms with E-state index in [1.54, 1.807) is 7.05 Å². The summed E-state index contributed by atoms with van der Waals surface area (Å²) in [5.74, 6) is 2.91. The van der Waals surface area contributed by atoms with E-state index in [2.05, 4.69) is 71.5 Å². The molecule has 3 heterocycles.